The van der Waals surface area contributed by atoms with Crippen LogP contribution in [0.5, 0.6) is 0 Å². The largest absolute Gasteiger partial charge is 0.418 e. The van der Waals surface area contributed by atoms with Crippen LogP contribution >= 0.6 is 0 Å². The van der Waals surface area contributed by atoms with Gasteiger partial charge in [-0.15, -0.1) is 0 Å². The van der Waals surface area contributed by atoms with E-state index < -0.39 is 11.7 Å². The van der Waals surface area contributed by atoms with Crippen LogP contribution in [0.3, 0.4) is 0 Å². The molecule has 84 valence electrons. The molecule has 5 heteroatoms. The fourth-order valence-corrected chi connectivity index (χ4v) is 1.39. The number of nitrogen functional groups attached to an aromatic ring is 1. The third-order valence-corrected chi connectivity index (χ3v) is 2.25. The molecule has 0 amide bonds. The summed E-state index contributed by atoms with van der Waals surface area (Å²) in [5, 5.41) is 0. The molecule has 1 aromatic heterocycles. The molecule has 1 rings (SSSR count). The molecule has 0 aliphatic heterocycles. The van der Waals surface area contributed by atoms with Gasteiger partial charge < -0.3 is 5.73 Å². The summed E-state index contributed by atoms with van der Waals surface area (Å²) in [7, 11) is 0. The highest BCUT2D eigenvalue weighted by atomic mass is 19.4. The highest BCUT2D eigenvalue weighted by Crippen LogP contribution is 2.39. The van der Waals surface area contributed by atoms with Gasteiger partial charge in [-0.25, -0.2) is 0 Å². The van der Waals surface area contributed by atoms with Gasteiger partial charge >= 0.3 is 6.18 Å². The average Bonchev–Trinajstić information content (AvgIpc) is 2.06. The van der Waals surface area contributed by atoms with Crippen molar-refractivity contribution in [3.8, 4) is 0 Å². The number of anilines is 1. The first-order chi connectivity index (χ1) is 6.75. The molecule has 2 nitrogen and oxygen atoms in total. The molecule has 0 saturated heterocycles. The van der Waals surface area contributed by atoms with Gasteiger partial charge in [0.25, 0.3) is 0 Å². The van der Waals surface area contributed by atoms with E-state index >= 15 is 0 Å². The molecular formula is C10H13F3N2. The molecule has 0 bridgehead atoms. The van der Waals surface area contributed by atoms with Crippen molar-refractivity contribution in [3.63, 3.8) is 0 Å². The first kappa shape index (κ1) is 11.8. The maximum Gasteiger partial charge on any atom is 0.418 e. The predicted molar refractivity (Wildman–Crippen MR) is 52.5 cm³/mol. The predicted octanol–water partition coefficient (Wildman–Crippen LogP) is 3.11. The van der Waals surface area contributed by atoms with Gasteiger partial charge in [0, 0.05) is 6.20 Å². The van der Waals surface area contributed by atoms with Crippen LogP contribution in [-0.2, 0) is 6.18 Å². The Bertz CT molecular complexity index is 370. The van der Waals surface area contributed by atoms with Crippen molar-refractivity contribution in [2.45, 2.75) is 32.9 Å². The summed E-state index contributed by atoms with van der Waals surface area (Å²) in [6.07, 6.45) is -3.17. The van der Waals surface area contributed by atoms with Gasteiger partial charge in [-0.1, -0.05) is 13.8 Å². The maximum absolute atomic E-state index is 12.7. The Morgan fingerprint density at radius 3 is 2.27 bits per heavy atom. The molecule has 0 aliphatic rings. The van der Waals surface area contributed by atoms with Gasteiger partial charge in [0.05, 0.1) is 16.9 Å². The lowest BCUT2D eigenvalue weighted by Gasteiger charge is -2.18. The third kappa shape index (κ3) is 2.22. The number of aromatic nitrogens is 1. The Morgan fingerprint density at radius 2 is 1.87 bits per heavy atom. The lowest BCUT2D eigenvalue weighted by molar-refractivity contribution is -0.137. The van der Waals surface area contributed by atoms with Gasteiger partial charge in [-0.2, -0.15) is 13.2 Å². The van der Waals surface area contributed by atoms with Crippen LogP contribution < -0.4 is 5.73 Å². The fourth-order valence-electron chi connectivity index (χ4n) is 1.39. The van der Waals surface area contributed by atoms with Crippen molar-refractivity contribution < 1.29 is 13.2 Å². The van der Waals surface area contributed by atoms with Gasteiger partial charge in [0.2, 0.25) is 0 Å². The van der Waals surface area contributed by atoms with Crippen molar-refractivity contribution in [1.29, 1.82) is 0 Å². The number of hydrogen-bond acceptors (Lipinski definition) is 2. The molecular weight excluding hydrogens is 205 g/mol. The zero-order valence-corrected chi connectivity index (χ0v) is 8.81. The summed E-state index contributed by atoms with van der Waals surface area (Å²) in [5.74, 6) is -0.253. The normalized spacial score (nSPS) is 12.2. The smallest absolute Gasteiger partial charge is 0.397 e. The summed E-state index contributed by atoms with van der Waals surface area (Å²) < 4.78 is 38.2. The number of rotatable bonds is 1. The van der Waals surface area contributed by atoms with Crippen molar-refractivity contribution in [2.75, 3.05) is 5.73 Å². The SMILES string of the molecule is Cc1ncc(C(C)C)c(C(F)(F)F)c1N. The fraction of sp³-hybridized carbons (Fsp3) is 0.500. The monoisotopic (exact) mass is 218 g/mol. The zero-order chi connectivity index (χ0) is 11.8. The Morgan fingerprint density at radius 1 is 1.33 bits per heavy atom. The van der Waals surface area contributed by atoms with E-state index in [9.17, 15) is 13.2 Å². The number of nitrogens with zero attached hydrogens (tertiary/aromatic N) is 1. The summed E-state index contributed by atoms with van der Waals surface area (Å²) in [4.78, 5) is 3.85. The average molecular weight is 218 g/mol. The van der Waals surface area contributed by atoms with Crippen LogP contribution in [0.2, 0.25) is 0 Å². The second-order valence-electron chi connectivity index (χ2n) is 3.74. The molecule has 1 aromatic rings. The van der Waals surface area contributed by atoms with Crippen LogP contribution in [0.15, 0.2) is 6.20 Å². The minimum absolute atomic E-state index is 0.144. The molecule has 0 unspecified atom stereocenters. The second-order valence-corrected chi connectivity index (χ2v) is 3.74. The lowest BCUT2D eigenvalue weighted by atomic mass is 9.97. The molecule has 15 heavy (non-hydrogen) atoms. The highest BCUT2D eigenvalue weighted by molar-refractivity contribution is 5.55. The first-order valence-corrected chi connectivity index (χ1v) is 4.57. The second kappa shape index (κ2) is 3.72. The standard InChI is InChI=1S/C10H13F3N2/c1-5(2)7-4-15-6(3)9(14)8(7)10(11,12)13/h4-5H,14H2,1-3H3. The van der Waals surface area contributed by atoms with Crippen molar-refractivity contribution in [3.05, 3.63) is 23.0 Å². The Balaban J connectivity index is 3.49. The molecule has 2 N–H and O–H groups in total. The third-order valence-electron chi connectivity index (χ3n) is 2.25. The van der Waals surface area contributed by atoms with E-state index in [-0.39, 0.29) is 22.9 Å². The minimum atomic E-state index is -4.42. The first-order valence-electron chi connectivity index (χ1n) is 4.57. The van der Waals surface area contributed by atoms with E-state index in [2.05, 4.69) is 4.98 Å². The van der Waals surface area contributed by atoms with Crippen LogP contribution in [0, 0.1) is 6.92 Å². The number of pyridine rings is 1. The Hall–Kier alpha value is -1.26. The summed E-state index contributed by atoms with van der Waals surface area (Å²) >= 11 is 0. The highest BCUT2D eigenvalue weighted by Gasteiger charge is 2.37. The number of nitrogens with two attached hydrogens (primary N) is 1. The summed E-state index contributed by atoms with van der Waals surface area (Å²) in [6.45, 7) is 4.83. The van der Waals surface area contributed by atoms with Crippen LogP contribution in [0.25, 0.3) is 0 Å². The molecule has 0 atom stereocenters. The minimum Gasteiger partial charge on any atom is -0.397 e. The van der Waals surface area contributed by atoms with Gasteiger partial charge in [0.15, 0.2) is 0 Å². The lowest BCUT2D eigenvalue weighted by Crippen LogP contribution is -2.15. The number of hydrogen-bond donors (Lipinski definition) is 1. The van der Waals surface area contributed by atoms with Crippen molar-refractivity contribution in [2.24, 2.45) is 0 Å². The van der Waals surface area contributed by atoms with Gasteiger partial charge in [-0.3, -0.25) is 4.98 Å². The molecule has 0 radical (unpaired) electrons. The van der Waals surface area contributed by atoms with E-state index in [4.69, 9.17) is 5.73 Å². The van der Waals surface area contributed by atoms with E-state index in [0.29, 0.717) is 0 Å². The van der Waals surface area contributed by atoms with E-state index in [1.165, 1.54) is 13.1 Å². The van der Waals surface area contributed by atoms with Crippen LogP contribution in [0.4, 0.5) is 18.9 Å². The zero-order valence-electron chi connectivity index (χ0n) is 8.81. The topological polar surface area (TPSA) is 38.9 Å². The Labute approximate surface area is 86.3 Å². The number of halogens is 3. The quantitative estimate of drug-likeness (QED) is 0.786. The molecule has 0 fully saturated rings. The van der Waals surface area contributed by atoms with Crippen LogP contribution in [-0.4, -0.2) is 4.98 Å². The molecule has 0 aliphatic carbocycles. The van der Waals surface area contributed by atoms with E-state index in [1.807, 2.05) is 0 Å². The van der Waals surface area contributed by atoms with E-state index in [1.54, 1.807) is 13.8 Å². The molecule has 1 heterocycles. The van der Waals surface area contributed by atoms with Crippen molar-refractivity contribution >= 4 is 5.69 Å². The number of aryl methyl sites for hydroxylation is 1. The molecule has 0 spiro atoms. The molecule has 0 aromatic carbocycles. The number of alkyl halides is 3. The molecule has 0 saturated carbocycles. The van der Waals surface area contributed by atoms with E-state index in [0.717, 1.165) is 0 Å². The summed E-state index contributed by atoms with van der Waals surface area (Å²) in [5.41, 5.74) is 4.77. The van der Waals surface area contributed by atoms with Crippen molar-refractivity contribution in [1.82, 2.24) is 4.98 Å². The Kier molecular flexibility index (Phi) is 2.93. The van der Waals surface area contributed by atoms with Gasteiger partial charge in [0.1, 0.15) is 0 Å². The summed E-state index contributed by atoms with van der Waals surface area (Å²) in [6, 6.07) is 0. The maximum atomic E-state index is 12.7. The van der Waals surface area contributed by atoms with Gasteiger partial charge in [-0.05, 0) is 18.4 Å². The van der Waals surface area contributed by atoms with Crippen LogP contribution in [0.1, 0.15) is 36.6 Å².